The van der Waals surface area contributed by atoms with E-state index in [4.69, 9.17) is 18.8 Å². The first-order valence-electron chi connectivity index (χ1n) is 16.9. The summed E-state index contributed by atoms with van der Waals surface area (Å²) >= 11 is 0. The third-order valence-corrected chi connectivity index (χ3v) is 10.1. The summed E-state index contributed by atoms with van der Waals surface area (Å²) in [6.45, 7) is 19.2. The number of carbonyl (C=O) groups is 2. The summed E-state index contributed by atoms with van der Waals surface area (Å²) < 4.78 is 24.3. The Morgan fingerprint density at radius 1 is 0.896 bits per heavy atom. The van der Waals surface area contributed by atoms with Crippen molar-refractivity contribution in [1.82, 2.24) is 9.80 Å². The second-order valence-electron chi connectivity index (χ2n) is 15.1. The number of hydrogen-bond donors (Lipinski definition) is 1. The van der Waals surface area contributed by atoms with Gasteiger partial charge < -0.3 is 23.7 Å². The van der Waals surface area contributed by atoms with Crippen molar-refractivity contribution in [2.45, 2.75) is 84.7 Å². The fraction of sp³-hybridized carbons (Fsp3) is 0.474. The van der Waals surface area contributed by atoms with E-state index in [1.807, 2.05) is 85.7 Å². The van der Waals surface area contributed by atoms with Gasteiger partial charge in [-0.3, -0.25) is 10.2 Å². The van der Waals surface area contributed by atoms with Crippen LogP contribution in [0.5, 0.6) is 0 Å². The number of benzene rings is 3. The van der Waals surface area contributed by atoms with Gasteiger partial charge in [-0.1, -0.05) is 54.6 Å². The van der Waals surface area contributed by atoms with Gasteiger partial charge in [0.2, 0.25) is 0 Å². The monoisotopic (exact) mass is 653 g/mol. The SMILES string of the molecule is Cc1c(CN2CCN(C(=O)OC(C)(C)C)CC2)cc(B2OC(C)(C)C(C)(C)O2)cc1NC(=O)OCC1c2ccccc2-c2ccccc21. The molecule has 10 heteroatoms. The highest BCUT2D eigenvalue weighted by molar-refractivity contribution is 6.62. The van der Waals surface area contributed by atoms with Crippen LogP contribution in [0.3, 0.4) is 0 Å². The van der Waals surface area contributed by atoms with Crippen LogP contribution in [-0.2, 0) is 25.3 Å². The standard InChI is InChI=1S/C38H48BN3O6/c1-25-26(23-41-17-19-42(20-18-41)35(44)46-36(2,3)4)21-27(39-47-37(5,6)38(7,8)48-39)22-33(25)40-34(43)45-24-32-30-15-11-9-13-28(30)29-14-10-12-16-31(29)32/h9-16,21-22,32H,17-20,23-24H2,1-8H3,(H,40,43). The van der Waals surface area contributed by atoms with E-state index in [1.54, 1.807) is 4.90 Å². The van der Waals surface area contributed by atoms with Crippen molar-refractivity contribution in [3.8, 4) is 11.1 Å². The Bertz CT molecular complexity index is 1630. The van der Waals surface area contributed by atoms with Gasteiger partial charge >= 0.3 is 19.3 Å². The maximum absolute atomic E-state index is 13.4. The molecular formula is C38H48BN3O6. The van der Waals surface area contributed by atoms with Gasteiger partial charge in [-0.2, -0.15) is 0 Å². The number of nitrogens with zero attached hydrogens (tertiary/aromatic N) is 2. The maximum Gasteiger partial charge on any atom is 0.494 e. The van der Waals surface area contributed by atoms with Gasteiger partial charge in [0.05, 0.1) is 11.2 Å². The number of piperazine rings is 1. The molecule has 48 heavy (non-hydrogen) atoms. The highest BCUT2D eigenvalue weighted by Crippen LogP contribution is 2.44. The number of amides is 2. The molecule has 6 rings (SSSR count). The fourth-order valence-corrected chi connectivity index (χ4v) is 6.61. The Morgan fingerprint density at radius 3 is 2.02 bits per heavy atom. The van der Waals surface area contributed by atoms with Gasteiger partial charge in [0, 0.05) is 44.3 Å². The molecule has 3 aromatic carbocycles. The number of rotatable bonds is 6. The van der Waals surface area contributed by atoms with Crippen molar-refractivity contribution < 1.29 is 28.4 Å². The molecule has 0 saturated carbocycles. The van der Waals surface area contributed by atoms with E-state index in [2.05, 4.69) is 40.5 Å². The number of carbonyl (C=O) groups excluding carboxylic acids is 2. The predicted molar refractivity (Wildman–Crippen MR) is 189 cm³/mol. The van der Waals surface area contributed by atoms with Crippen LogP contribution in [0.1, 0.15) is 76.6 Å². The molecule has 0 radical (unpaired) electrons. The zero-order valence-corrected chi connectivity index (χ0v) is 29.5. The van der Waals surface area contributed by atoms with Crippen LogP contribution in [0.15, 0.2) is 60.7 Å². The van der Waals surface area contributed by atoms with Crippen molar-refractivity contribution >= 4 is 30.5 Å². The van der Waals surface area contributed by atoms with Crippen molar-refractivity contribution in [1.29, 1.82) is 0 Å². The number of hydrogen-bond acceptors (Lipinski definition) is 7. The van der Waals surface area contributed by atoms with Crippen LogP contribution in [0.25, 0.3) is 11.1 Å². The maximum atomic E-state index is 13.4. The minimum atomic E-state index is -0.596. The molecule has 0 bridgehead atoms. The Morgan fingerprint density at radius 2 is 1.46 bits per heavy atom. The molecule has 2 saturated heterocycles. The van der Waals surface area contributed by atoms with Crippen molar-refractivity contribution in [2.24, 2.45) is 0 Å². The minimum absolute atomic E-state index is 0.0322. The largest absolute Gasteiger partial charge is 0.494 e. The van der Waals surface area contributed by atoms with Gasteiger partial charge in [-0.25, -0.2) is 9.59 Å². The van der Waals surface area contributed by atoms with Crippen molar-refractivity contribution in [3.05, 3.63) is 82.9 Å². The average Bonchev–Trinajstić information content (AvgIpc) is 3.46. The molecule has 3 aromatic rings. The number of nitrogens with one attached hydrogen (secondary N) is 1. The molecule has 0 atom stereocenters. The van der Waals surface area contributed by atoms with Crippen LogP contribution in [0, 0.1) is 6.92 Å². The highest BCUT2D eigenvalue weighted by Gasteiger charge is 2.52. The van der Waals surface area contributed by atoms with Gasteiger partial charge in [0.1, 0.15) is 12.2 Å². The number of fused-ring (bicyclic) bond motifs is 3. The zero-order valence-electron chi connectivity index (χ0n) is 29.5. The highest BCUT2D eigenvalue weighted by atomic mass is 16.7. The summed E-state index contributed by atoms with van der Waals surface area (Å²) in [7, 11) is -0.596. The first-order valence-corrected chi connectivity index (χ1v) is 16.9. The molecule has 2 fully saturated rings. The van der Waals surface area contributed by atoms with Gasteiger partial charge in [-0.15, -0.1) is 0 Å². The molecule has 3 aliphatic rings. The molecule has 1 aliphatic carbocycles. The zero-order chi connectivity index (χ0) is 34.4. The first kappa shape index (κ1) is 34.0. The van der Waals surface area contributed by atoms with E-state index >= 15 is 0 Å². The molecule has 254 valence electrons. The lowest BCUT2D eigenvalue weighted by Gasteiger charge is -2.36. The van der Waals surface area contributed by atoms with E-state index in [1.165, 1.54) is 22.3 Å². The van der Waals surface area contributed by atoms with Crippen LogP contribution in [0.4, 0.5) is 15.3 Å². The van der Waals surface area contributed by atoms with Crippen LogP contribution < -0.4 is 10.8 Å². The molecule has 2 heterocycles. The average molecular weight is 654 g/mol. The van der Waals surface area contributed by atoms with E-state index in [0.717, 1.165) is 16.6 Å². The van der Waals surface area contributed by atoms with Crippen LogP contribution >= 0.6 is 0 Å². The molecule has 2 amide bonds. The molecule has 0 aromatic heterocycles. The molecule has 9 nitrogen and oxygen atoms in total. The number of anilines is 1. The number of ether oxygens (including phenoxy) is 2. The normalized spacial score (nSPS) is 18.8. The van der Waals surface area contributed by atoms with Crippen molar-refractivity contribution in [2.75, 3.05) is 38.1 Å². The Hall–Kier alpha value is -3.86. The predicted octanol–water partition coefficient (Wildman–Crippen LogP) is 6.71. The third kappa shape index (κ3) is 6.97. The lowest BCUT2D eigenvalue weighted by molar-refractivity contribution is 0.00578. The molecular weight excluding hydrogens is 605 g/mol. The summed E-state index contributed by atoms with van der Waals surface area (Å²) in [5.74, 6) is -0.0322. The van der Waals surface area contributed by atoms with E-state index in [0.29, 0.717) is 38.4 Å². The third-order valence-electron chi connectivity index (χ3n) is 10.1. The van der Waals surface area contributed by atoms with Crippen LogP contribution in [0.2, 0.25) is 0 Å². The minimum Gasteiger partial charge on any atom is -0.448 e. The van der Waals surface area contributed by atoms with Gasteiger partial charge in [-0.05, 0) is 100 Å². The van der Waals surface area contributed by atoms with E-state index in [9.17, 15) is 9.59 Å². The lowest BCUT2D eigenvalue weighted by atomic mass is 9.77. The Balaban J connectivity index is 1.19. The fourth-order valence-electron chi connectivity index (χ4n) is 6.61. The van der Waals surface area contributed by atoms with E-state index in [-0.39, 0.29) is 18.6 Å². The van der Waals surface area contributed by atoms with Gasteiger partial charge in [0.15, 0.2) is 0 Å². The molecule has 0 spiro atoms. The summed E-state index contributed by atoms with van der Waals surface area (Å²) in [6, 6.07) is 20.7. The second-order valence-corrected chi connectivity index (χ2v) is 15.1. The van der Waals surface area contributed by atoms with Gasteiger partial charge in [0.25, 0.3) is 0 Å². The molecule has 0 unspecified atom stereocenters. The van der Waals surface area contributed by atoms with Crippen molar-refractivity contribution in [3.63, 3.8) is 0 Å². The van der Waals surface area contributed by atoms with E-state index < -0.39 is 30.0 Å². The quantitative estimate of drug-likeness (QED) is 0.296. The smallest absolute Gasteiger partial charge is 0.448 e. The topological polar surface area (TPSA) is 89.6 Å². The lowest BCUT2D eigenvalue weighted by Crippen LogP contribution is -2.49. The Kier molecular flexibility index (Phi) is 9.13. The molecule has 2 aliphatic heterocycles. The molecule has 1 N–H and O–H groups in total. The Labute approximate surface area is 285 Å². The first-order chi connectivity index (χ1) is 22.6. The second kappa shape index (κ2) is 12.9. The summed E-state index contributed by atoms with van der Waals surface area (Å²) in [5.41, 5.74) is 6.61. The van der Waals surface area contributed by atoms with Crippen LogP contribution in [-0.4, -0.2) is 78.7 Å². The summed E-state index contributed by atoms with van der Waals surface area (Å²) in [6.07, 6.45) is -0.793. The summed E-state index contributed by atoms with van der Waals surface area (Å²) in [5, 5.41) is 3.05. The summed E-state index contributed by atoms with van der Waals surface area (Å²) in [4.78, 5) is 30.1.